The molecule has 1 aliphatic heterocycles. The number of rotatable bonds is 4. The van der Waals surface area contributed by atoms with Crippen LogP contribution in [-0.2, 0) is 11.2 Å². The van der Waals surface area contributed by atoms with E-state index in [1.807, 2.05) is 4.68 Å². The molecule has 0 aromatic carbocycles. The number of ether oxygens (including phenoxy) is 1. The van der Waals surface area contributed by atoms with E-state index in [1.165, 1.54) is 12.8 Å². The molecule has 2 atom stereocenters. The molecule has 1 aromatic heterocycles. The van der Waals surface area contributed by atoms with E-state index < -0.39 is 0 Å². The first-order valence-corrected chi connectivity index (χ1v) is 6.89. The number of hydrogen-bond acceptors (Lipinski definition) is 4. The van der Waals surface area contributed by atoms with Crippen LogP contribution in [0.25, 0.3) is 0 Å². The SMILES string of the molecule is CC(C)n1ncnc1CC1(N)CCOC1C1CC1. The van der Waals surface area contributed by atoms with E-state index in [-0.39, 0.29) is 11.6 Å². The van der Waals surface area contributed by atoms with Crippen LogP contribution in [0.15, 0.2) is 6.33 Å². The lowest BCUT2D eigenvalue weighted by molar-refractivity contribution is 0.0617. The lowest BCUT2D eigenvalue weighted by Gasteiger charge is -2.30. The Hall–Kier alpha value is -0.940. The molecule has 2 fully saturated rings. The fraction of sp³-hybridized carbons (Fsp3) is 0.846. The van der Waals surface area contributed by atoms with Crippen LogP contribution in [-0.4, -0.2) is 33.0 Å². The number of aromatic nitrogens is 3. The summed E-state index contributed by atoms with van der Waals surface area (Å²) >= 11 is 0. The molecular weight excluding hydrogens is 228 g/mol. The lowest BCUT2D eigenvalue weighted by Crippen LogP contribution is -2.51. The summed E-state index contributed by atoms with van der Waals surface area (Å²) in [5.41, 5.74) is 6.35. The maximum Gasteiger partial charge on any atom is 0.138 e. The van der Waals surface area contributed by atoms with Crippen LogP contribution in [0.3, 0.4) is 0 Å². The van der Waals surface area contributed by atoms with Gasteiger partial charge in [0.2, 0.25) is 0 Å². The second-order valence-electron chi connectivity index (χ2n) is 6.00. The zero-order valence-corrected chi connectivity index (χ0v) is 11.2. The van der Waals surface area contributed by atoms with Gasteiger partial charge in [-0.05, 0) is 39.0 Å². The molecule has 0 radical (unpaired) electrons. The smallest absolute Gasteiger partial charge is 0.138 e. The third-order valence-corrected chi connectivity index (χ3v) is 4.11. The highest BCUT2D eigenvalue weighted by atomic mass is 16.5. The predicted octanol–water partition coefficient (Wildman–Crippen LogP) is 1.30. The normalized spacial score (nSPS) is 32.3. The molecule has 1 aliphatic carbocycles. The third-order valence-electron chi connectivity index (χ3n) is 4.11. The maximum atomic E-state index is 6.60. The van der Waals surface area contributed by atoms with Gasteiger partial charge in [0, 0.05) is 19.1 Å². The van der Waals surface area contributed by atoms with Gasteiger partial charge in [-0.2, -0.15) is 5.10 Å². The van der Waals surface area contributed by atoms with Gasteiger partial charge in [0.05, 0.1) is 11.6 Å². The number of hydrogen-bond donors (Lipinski definition) is 1. The Balaban J connectivity index is 1.79. The summed E-state index contributed by atoms with van der Waals surface area (Å²) in [4.78, 5) is 4.38. The molecule has 2 aliphatic rings. The van der Waals surface area contributed by atoms with Crippen molar-refractivity contribution in [3.8, 4) is 0 Å². The van der Waals surface area contributed by atoms with Crippen molar-refractivity contribution in [1.29, 1.82) is 0 Å². The number of nitrogens with zero attached hydrogens (tertiary/aromatic N) is 3. The first-order valence-electron chi connectivity index (χ1n) is 6.89. The summed E-state index contributed by atoms with van der Waals surface area (Å²) in [6, 6.07) is 0.327. The quantitative estimate of drug-likeness (QED) is 0.874. The van der Waals surface area contributed by atoms with Crippen molar-refractivity contribution in [2.75, 3.05) is 6.61 Å². The second-order valence-corrected chi connectivity index (χ2v) is 6.00. The fourth-order valence-electron chi connectivity index (χ4n) is 3.00. The van der Waals surface area contributed by atoms with Crippen LogP contribution < -0.4 is 5.73 Å². The zero-order valence-electron chi connectivity index (χ0n) is 11.2. The Kier molecular flexibility index (Phi) is 2.90. The number of nitrogens with two attached hydrogens (primary N) is 1. The van der Waals surface area contributed by atoms with Crippen LogP contribution in [0.4, 0.5) is 0 Å². The standard InChI is InChI=1S/C13H22N4O/c1-9(2)17-11(15-8-16-17)7-13(14)5-6-18-12(13)10-3-4-10/h8-10,12H,3-7,14H2,1-2H3. The average Bonchev–Trinajstić information content (AvgIpc) is 2.92. The van der Waals surface area contributed by atoms with Crippen molar-refractivity contribution in [1.82, 2.24) is 14.8 Å². The monoisotopic (exact) mass is 250 g/mol. The Bertz CT molecular complexity index is 426. The van der Waals surface area contributed by atoms with Crippen molar-refractivity contribution >= 4 is 0 Å². The maximum absolute atomic E-state index is 6.60. The molecule has 1 saturated heterocycles. The topological polar surface area (TPSA) is 66.0 Å². The molecule has 5 heteroatoms. The Labute approximate surface area is 108 Å². The highest BCUT2D eigenvalue weighted by Crippen LogP contribution is 2.43. The molecule has 2 unspecified atom stereocenters. The van der Waals surface area contributed by atoms with Crippen LogP contribution in [0.1, 0.15) is 45.0 Å². The minimum Gasteiger partial charge on any atom is -0.376 e. The largest absolute Gasteiger partial charge is 0.376 e. The summed E-state index contributed by atoms with van der Waals surface area (Å²) in [6.45, 7) is 5.02. The van der Waals surface area contributed by atoms with Gasteiger partial charge >= 0.3 is 0 Å². The summed E-state index contributed by atoms with van der Waals surface area (Å²) in [6.07, 6.45) is 6.07. The van der Waals surface area contributed by atoms with E-state index in [0.29, 0.717) is 12.0 Å². The van der Waals surface area contributed by atoms with Crippen LogP contribution >= 0.6 is 0 Å². The molecule has 0 amide bonds. The highest BCUT2D eigenvalue weighted by molar-refractivity contribution is 5.08. The summed E-state index contributed by atoms with van der Waals surface area (Å²) in [7, 11) is 0. The first-order chi connectivity index (χ1) is 8.60. The molecule has 18 heavy (non-hydrogen) atoms. The van der Waals surface area contributed by atoms with Gasteiger partial charge in [-0.15, -0.1) is 0 Å². The van der Waals surface area contributed by atoms with Crippen molar-refractivity contribution < 1.29 is 4.74 Å². The van der Waals surface area contributed by atoms with Gasteiger partial charge in [0.25, 0.3) is 0 Å². The molecule has 2 N–H and O–H groups in total. The molecule has 0 bridgehead atoms. The van der Waals surface area contributed by atoms with Gasteiger partial charge in [0.15, 0.2) is 0 Å². The van der Waals surface area contributed by atoms with Crippen molar-refractivity contribution in [2.24, 2.45) is 11.7 Å². The van der Waals surface area contributed by atoms with E-state index in [1.54, 1.807) is 6.33 Å². The lowest BCUT2D eigenvalue weighted by atomic mass is 9.86. The molecule has 1 saturated carbocycles. The highest BCUT2D eigenvalue weighted by Gasteiger charge is 2.49. The van der Waals surface area contributed by atoms with E-state index in [0.717, 1.165) is 25.3 Å². The predicted molar refractivity (Wildman–Crippen MR) is 68.1 cm³/mol. The summed E-state index contributed by atoms with van der Waals surface area (Å²) in [5.74, 6) is 1.66. The summed E-state index contributed by atoms with van der Waals surface area (Å²) < 4.78 is 7.83. The summed E-state index contributed by atoms with van der Waals surface area (Å²) in [5, 5.41) is 4.28. The van der Waals surface area contributed by atoms with Gasteiger partial charge in [-0.3, -0.25) is 0 Å². The minimum absolute atomic E-state index is 0.217. The van der Waals surface area contributed by atoms with Crippen molar-refractivity contribution in [3.05, 3.63) is 12.2 Å². The van der Waals surface area contributed by atoms with Gasteiger partial charge in [-0.1, -0.05) is 0 Å². The van der Waals surface area contributed by atoms with E-state index in [4.69, 9.17) is 10.5 Å². The van der Waals surface area contributed by atoms with Crippen LogP contribution in [0.5, 0.6) is 0 Å². The van der Waals surface area contributed by atoms with Crippen molar-refractivity contribution in [3.63, 3.8) is 0 Å². The van der Waals surface area contributed by atoms with Gasteiger partial charge < -0.3 is 10.5 Å². The Morgan fingerprint density at radius 3 is 3.00 bits per heavy atom. The molecule has 2 heterocycles. The van der Waals surface area contributed by atoms with Gasteiger partial charge in [0.1, 0.15) is 12.2 Å². The minimum atomic E-state index is -0.249. The Morgan fingerprint density at radius 2 is 2.33 bits per heavy atom. The van der Waals surface area contributed by atoms with E-state index in [2.05, 4.69) is 23.9 Å². The van der Waals surface area contributed by atoms with E-state index in [9.17, 15) is 0 Å². The second kappa shape index (κ2) is 4.31. The zero-order chi connectivity index (χ0) is 12.8. The Morgan fingerprint density at radius 1 is 1.56 bits per heavy atom. The van der Waals surface area contributed by atoms with E-state index >= 15 is 0 Å². The third kappa shape index (κ3) is 2.06. The van der Waals surface area contributed by atoms with Crippen LogP contribution in [0, 0.1) is 5.92 Å². The molecular formula is C13H22N4O. The molecule has 1 aromatic rings. The molecule has 5 nitrogen and oxygen atoms in total. The van der Waals surface area contributed by atoms with Crippen LogP contribution in [0.2, 0.25) is 0 Å². The molecule has 3 rings (SSSR count). The first kappa shape index (κ1) is 12.1. The average molecular weight is 250 g/mol. The van der Waals surface area contributed by atoms with Gasteiger partial charge in [-0.25, -0.2) is 9.67 Å². The fourth-order valence-corrected chi connectivity index (χ4v) is 3.00. The molecule has 100 valence electrons. The van der Waals surface area contributed by atoms with Crippen molar-refractivity contribution in [2.45, 2.75) is 57.2 Å². The molecule has 0 spiro atoms.